The van der Waals surface area contributed by atoms with E-state index < -0.39 is 10.0 Å². The number of likely N-dealkylation sites (tertiary alicyclic amines) is 1. The zero-order chi connectivity index (χ0) is 16.9. The normalized spacial score (nSPS) is 16.0. The number of rotatable bonds is 5. The number of carbonyl (C=O) groups is 1. The molecular formula is C15H18ClN3O3S. The van der Waals surface area contributed by atoms with E-state index in [0.29, 0.717) is 19.5 Å². The van der Waals surface area contributed by atoms with Gasteiger partial charge < -0.3 is 4.90 Å². The number of hydrogen-bond acceptors (Lipinski definition) is 4. The first-order valence-corrected chi connectivity index (χ1v) is 9.27. The highest BCUT2D eigenvalue weighted by molar-refractivity contribution is 7.89. The fraction of sp³-hybridized carbons (Fsp3) is 0.467. The Hall–Kier alpha value is -1.62. The molecule has 23 heavy (non-hydrogen) atoms. The predicted octanol–water partition coefficient (Wildman–Crippen LogP) is 1.89. The first-order chi connectivity index (χ1) is 10.9. The number of nitrogens with one attached hydrogen (secondary N) is 1. The van der Waals surface area contributed by atoms with Gasteiger partial charge >= 0.3 is 0 Å². The molecule has 1 saturated heterocycles. The number of hydrogen-bond donors (Lipinski definition) is 1. The number of nitriles is 1. The molecule has 0 spiro atoms. The Morgan fingerprint density at radius 2 is 2.09 bits per heavy atom. The third kappa shape index (κ3) is 4.67. The topological polar surface area (TPSA) is 90.3 Å². The first kappa shape index (κ1) is 17.7. The standard InChI is InChI=1S/C15H18ClN3O3S/c16-14-10-13(6-5-12(14)11-17)23(21,22)18-7-9-19-8-3-1-2-4-15(19)20/h5-6,10,18H,1-4,7-9H2. The van der Waals surface area contributed by atoms with E-state index in [-0.39, 0.29) is 27.9 Å². The Kier molecular flexibility index (Phi) is 5.99. The van der Waals surface area contributed by atoms with Crippen molar-refractivity contribution >= 4 is 27.5 Å². The maximum Gasteiger partial charge on any atom is 0.240 e. The van der Waals surface area contributed by atoms with E-state index in [1.807, 2.05) is 6.07 Å². The van der Waals surface area contributed by atoms with Crippen LogP contribution in [0.5, 0.6) is 0 Å². The summed E-state index contributed by atoms with van der Waals surface area (Å²) in [5.41, 5.74) is 0.223. The lowest BCUT2D eigenvalue weighted by molar-refractivity contribution is -0.130. The second-order valence-corrected chi connectivity index (χ2v) is 7.52. The van der Waals surface area contributed by atoms with Crippen molar-refractivity contribution in [3.63, 3.8) is 0 Å². The summed E-state index contributed by atoms with van der Waals surface area (Å²) in [6, 6.07) is 5.84. The van der Waals surface area contributed by atoms with Gasteiger partial charge in [0.2, 0.25) is 15.9 Å². The molecule has 6 nitrogen and oxygen atoms in total. The van der Waals surface area contributed by atoms with E-state index in [9.17, 15) is 13.2 Å². The molecule has 0 unspecified atom stereocenters. The van der Waals surface area contributed by atoms with Gasteiger partial charge in [-0.15, -0.1) is 0 Å². The smallest absolute Gasteiger partial charge is 0.240 e. The molecule has 0 aliphatic carbocycles. The number of sulfonamides is 1. The molecule has 8 heteroatoms. The van der Waals surface area contributed by atoms with E-state index in [1.54, 1.807) is 4.90 Å². The van der Waals surface area contributed by atoms with Gasteiger partial charge in [0.05, 0.1) is 15.5 Å². The van der Waals surface area contributed by atoms with Gasteiger partial charge in [-0.3, -0.25) is 4.79 Å². The average Bonchev–Trinajstić information content (AvgIpc) is 2.72. The Balaban J connectivity index is 1.97. The molecular weight excluding hydrogens is 338 g/mol. The van der Waals surface area contributed by atoms with Crippen LogP contribution in [0, 0.1) is 11.3 Å². The van der Waals surface area contributed by atoms with Crippen molar-refractivity contribution < 1.29 is 13.2 Å². The van der Waals surface area contributed by atoms with Crippen LogP contribution < -0.4 is 4.72 Å². The summed E-state index contributed by atoms with van der Waals surface area (Å²) < 4.78 is 26.9. The Morgan fingerprint density at radius 1 is 1.30 bits per heavy atom. The Labute approximate surface area is 141 Å². The third-order valence-corrected chi connectivity index (χ3v) is 5.49. The minimum Gasteiger partial charge on any atom is -0.341 e. The van der Waals surface area contributed by atoms with Gasteiger partial charge in [0.25, 0.3) is 0 Å². The molecule has 0 bridgehead atoms. The highest BCUT2D eigenvalue weighted by atomic mass is 35.5. The largest absolute Gasteiger partial charge is 0.341 e. The number of halogens is 1. The zero-order valence-corrected chi connectivity index (χ0v) is 14.2. The Morgan fingerprint density at radius 3 is 2.78 bits per heavy atom. The molecule has 1 N–H and O–H groups in total. The Bertz CT molecular complexity index is 728. The van der Waals surface area contributed by atoms with Crippen molar-refractivity contribution in [1.29, 1.82) is 5.26 Å². The summed E-state index contributed by atoms with van der Waals surface area (Å²) in [7, 11) is -3.72. The van der Waals surface area contributed by atoms with Crippen LogP contribution in [0.3, 0.4) is 0 Å². The molecule has 124 valence electrons. The first-order valence-electron chi connectivity index (χ1n) is 7.41. The lowest BCUT2D eigenvalue weighted by atomic mass is 10.2. The van der Waals surface area contributed by atoms with Crippen LogP contribution in [0.25, 0.3) is 0 Å². The SMILES string of the molecule is N#Cc1ccc(S(=O)(=O)NCCN2CCCCCC2=O)cc1Cl. The van der Waals surface area contributed by atoms with Gasteiger partial charge in [-0.2, -0.15) is 5.26 Å². The van der Waals surface area contributed by atoms with Crippen molar-refractivity contribution in [1.82, 2.24) is 9.62 Å². The van der Waals surface area contributed by atoms with Crippen molar-refractivity contribution in [2.75, 3.05) is 19.6 Å². The minimum atomic E-state index is -3.72. The molecule has 1 fully saturated rings. The van der Waals surface area contributed by atoms with Crippen molar-refractivity contribution in [3.8, 4) is 6.07 Å². The van der Waals surface area contributed by atoms with Gasteiger partial charge in [-0.05, 0) is 31.0 Å². The summed E-state index contributed by atoms with van der Waals surface area (Å²) in [5.74, 6) is 0.0723. The molecule has 0 saturated carbocycles. The molecule has 1 aliphatic heterocycles. The van der Waals surface area contributed by atoms with Crippen LogP contribution in [0.4, 0.5) is 0 Å². The number of benzene rings is 1. The minimum absolute atomic E-state index is 0.00342. The van der Waals surface area contributed by atoms with Gasteiger partial charge in [0, 0.05) is 26.1 Å². The number of carbonyl (C=O) groups excluding carboxylic acids is 1. The molecule has 1 heterocycles. The van der Waals surface area contributed by atoms with E-state index >= 15 is 0 Å². The molecule has 0 atom stereocenters. The highest BCUT2D eigenvalue weighted by Gasteiger charge is 2.19. The van der Waals surface area contributed by atoms with Crippen molar-refractivity contribution in [3.05, 3.63) is 28.8 Å². The molecule has 0 aromatic heterocycles. The van der Waals surface area contributed by atoms with Crippen LogP contribution in [-0.2, 0) is 14.8 Å². The molecule has 1 aromatic carbocycles. The van der Waals surface area contributed by atoms with Crippen molar-refractivity contribution in [2.45, 2.75) is 30.6 Å². The molecule has 0 radical (unpaired) electrons. The van der Waals surface area contributed by atoms with Gasteiger partial charge in [0.1, 0.15) is 6.07 Å². The van der Waals surface area contributed by atoms with Crippen LogP contribution >= 0.6 is 11.6 Å². The summed E-state index contributed by atoms with van der Waals surface area (Å²) >= 11 is 5.86. The van der Waals surface area contributed by atoms with E-state index in [4.69, 9.17) is 16.9 Å². The summed E-state index contributed by atoms with van der Waals surface area (Å²) in [6.07, 6.45) is 3.39. The highest BCUT2D eigenvalue weighted by Crippen LogP contribution is 2.20. The van der Waals surface area contributed by atoms with Crippen LogP contribution in [-0.4, -0.2) is 38.9 Å². The van der Waals surface area contributed by atoms with Gasteiger partial charge in [-0.25, -0.2) is 13.1 Å². The van der Waals surface area contributed by atoms with Gasteiger partial charge in [0.15, 0.2) is 0 Å². The average molecular weight is 356 g/mol. The maximum atomic E-state index is 12.2. The second-order valence-electron chi connectivity index (χ2n) is 5.34. The van der Waals surface area contributed by atoms with Crippen molar-refractivity contribution in [2.24, 2.45) is 0 Å². The molecule has 1 amide bonds. The quantitative estimate of drug-likeness (QED) is 0.873. The lowest BCUT2D eigenvalue weighted by Gasteiger charge is -2.20. The van der Waals surface area contributed by atoms with E-state index in [1.165, 1.54) is 18.2 Å². The summed E-state index contributed by atoms with van der Waals surface area (Å²) in [4.78, 5) is 13.6. The second kappa shape index (κ2) is 7.77. The lowest BCUT2D eigenvalue weighted by Crippen LogP contribution is -2.38. The summed E-state index contributed by atoms with van der Waals surface area (Å²) in [6.45, 7) is 1.16. The van der Waals surface area contributed by atoms with Crippen LogP contribution in [0.15, 0.2) is 23.1 Å². The van der Waals surface area contributed by atoms with Gasteiger partial charge in [-0.1, -0.05) is 18.0 Å². The predicted molar refractivity (Wildman–Crippen MR) is 86.4 cm³/mol. The molecule has 2 rings (SSSR count). The van der Waals surface area contributed by atoms with E-state index in [0.717, 1.165) is 19.3 Å². The number of amides is 1. The van der Waals surface area contributed by atoms with E-state index in [2.05, 4.69) is 4.72 Å². The fourth-order valence-corrected chi connectivity index (χ4v) is 3.76. The monoisotopic (exact) mass is 355 g/mol. The van der Waals surface area contributed by atoms with Crippen LogP contribution in [0.2, 0.25) is 5.02 Å². The van der Waals surface area contributed by atoms with Crippen LogP contribution in [0.1, 0.15) is 31.2 Å². The zero-order valence-electron chi connectivity index (χ0n) is 12.6. The molecule has 1 aromatic rings. The maximum absolute atomic E-state index is 12.2. The molecule has 1 aliphatic rings. The number of nitrogens with zero attached hydrogens (tertiary/aromatic N) is 2. The third-order valence-electron chi connectivity index (χ3n) is 3.72. The fourth-order valence-electron chi connectivity index (χ4n) is 2.43. The summed E-state index contributed by atoms with van der Waals surface area (Å²) in [5, 5.41) is 8.90.